The molecule has 0 bridgehead atoms. The molecule has 0 saturated carbocycles. The maximum atomic E-state index is 14.6. The standard InChI is InChI=1S/C44H42F3N7O5/c1-23-25(5-3-6-26(23)40-50-33-17-31-29(32(18-48)38(33)59-40)9-11-35(31)54-16-14-24(55)19-54)27-7-4-8-30-28(27)10-12-36(30)58-42-39(44(45,46)47)49-34(41(51-42)57-2)20-53-21-43(22-53)15-13-37(56)52-43/h3-8,17,24,35-36,55H,9-16,19-22H2,1-2H3,(H,52,56)/t24-,35-,36+/m1/s1. The van der Waals surface area contributed by atoms with E-state index in [0.717, 1.165) is 70.3 Å². The van der Waals surface area contributed by atoms with Gasteiger partial charge in [0, 0.05) is 50.7 Å². The van der Waals surface area contributed by atoms with E-state index in [1.165, 1.54) is 7.11 Å². The van der Waals surface area contributed by atoms with Gasteiger partial charge in [0.15, 0.2) is 5.58 Å². The number of aliphatic hydroxyl groups is 1. The Morgan fingerprint density at radius 3 is 2.51 bits per heavy atom. The highest BCUT2D eigenvalue weighted by atomic mass is 19.4. The van der Waals surface area contributed by atoms with Gasteiger partial charge in [-0.15, -0.1) is 0 Å². The van der Waals surface area contributed by atoms with Crippen LogP contribution in [0.15, 0.2) is 46.9 Å². The molecule has 10 rings (SSSR count). The molecule has 304 valence electrons. The van der Waals surface area contributed by atoms with Gasteiger partial charge < -0.3 is 24.3 Å². The van der Waals surface area contributed by atoms with E-state index in [1.54, 1.807) is 0 Å². The summed E-state index contributed by atoms with van der Waals surface area (Å²) >= 11 is 0. The van der Waals surface area contributed by atoms with E-state index in [9.17, 15) is 28.3 Å². The van der Waals surface area contributed by atoms with Gasteiger partial charge in [-0.3, -0.25) is 14.6 Å². The van der Waals surface area contributed by atoms with E-state index in [-0.39, 0.29) is 41.7 Å². The number of benzene rings is 3. The number of fused-ring (bicyclic) bond motifs is 3. The Morgan fingerprint density at radius 1 is 1.00 bits per heavy atom. The summed E-state index contributed by atoms with van der Waals surface area (Å²) in [5.41, 5.74) is 7.42. The number of β-amino-alcohol motifs (C(OH)–C–C–N with tert-alkyl or cyclic N) is 1. The minimum absolute atomic E-state index is 0.0136. The van der Waals surface area contributed by atoms with Crippen LogP contribution in [0.2, 0.25) is 0 Å². The smallest absolute Gasteiger partial charge is 0.438 e. The summed E-state index contributed by atoms with van der Waals surface area (Å²) in [7, 11) is 1.35. The fourth-order valence-electron chi connectivity index (χ4n) is 10.2. The number of amides is 1. The molecule has 3 saturated heterocycles. The number of ether oxygens (including phenoxy) is 2. The summed E-state index contributed by atoms with van der Waals surface area (Å²) in [6.07, 6.45) is -1.38. The highest BCUT2D eigenvalue weighted by molar-refractivity contribution is 5.86. The van der Waals surface area contributed by atoms with E-state index in [0.29, 0.717) is 67.9 Å². The predicted molar refractivity (Wildman–Crippen MR) is 208 cm³/mol. The number of carbonyl (C=O) groups excluding carboxylic acids is 1. The van der Waals surface area contributed by atoms with E-state index in [2.05, 4.69) is 26.3 Å². The van der Waals surface area contributed by atoms with Gasteiger partial charge in [0.05, 0.1) is 18.8 Å². The number of rotatable bonds is 8. The highest BCUT2D eigenvalue weighted by Crippen LogP contribution is 2.46. The molecule has 5 heterocycles. The monoisotopic (exact) mass is 805 g/mol. The molecule has 3 fully saturated rings. The number of oxazole rings is 1. The van der Waals surface area contributed by atoms with Gasteiger partial charge in [-0.2, -0.15) is 23.4 Å². The Balaban J connectivity index is 0.937. The molecule has 5 aromatic rings. The van der Waals surface area contributed by atoms with Crippen molar-refractivity contribution in [1.82, 2.24) is 30.1 Å². The minimum Gasteiger partial charge on any atom is -0.480 e. The zero-order valence-electron chi connectivity index (χ0n) is 32.7. The van der Waals surface area contributed by atoms with Crippen molar-refractivity contribution in [2.75, 3.05) is 33.3 Å². The van der Waals surface area contributed by atoms with Gasteiger partial charge in [0.25, 0.3) is 0 Å². The van der Waals surface area contributed by atoms with Crippen molar-refractivity contribution in [3.63, 3.8) is 0 Å². The topological polar surface area (TPSA) is 150 Å². The summed E-state index contributed by atoms with van der Waals surface area (Å²) in [5, 5.41) is 23.5. The third-order valence-corrected chi connectivity index (χ3v) is 12.9. The van der Waals surface area contributed by atoms with Crippen LogP contribution in [-0.4, -0.2) is 80.7 Å². The molecule has 12 nitrogen and oxygen atoms in total. The molecule has 1 spiro atoms. The highest BCUT2D eigenvalue weighted by Gasteiger charge is 2.48. The molecule has 5 aliphatic rings. The fourth-order valence-corrected chi connectivity index (χ4v) is 10.2. The second-order valence-electron chi connectivity index (χ2n) is 16.6. The molecular formula is C44H42F3N7O5. The lowest BCUT2D eigenvalue weighted by Gasteiger charge is -2.47. The quantitative estimate of drug-likeness (QED) is 0.172. The van der Waals surface area contributed by atoms with Crippen LogP contribution in [0.25, 0.3) is 33.7 Å². The first-order valence-corrected chi connectivity index (χ1v) is 20.1. The Hall–Kier alpha value is -5.56. The number of nitriles is 1. The lowest BCUT2D eigenvalue weighted by Crippen LogP contribution is -2.66. The number of alkyl halides is 3. The molecule has 0 unspecified atom stereocenters. The van der Waals surface area contributed by atoms with E-state index < -0.39 is 23.9 Å². The second kappa shape index (κ2) is 14.0. The number of hydrogen-bond acceptors (Lipinski definition) is 11. The van der Waals surface area contributed by atoms with Gasteiger partial charge in [0.2, 0.25) is 29.3 Å². The first-order chi connectivity index (χ1) is 28.4. The van der Waals surface area contributed by atoms with E-state index >= 15 is 0 Å². The second-order valence-corrected chi connectivity index (χ2v) is 16.6. The number of likely N-dealkylation sites (tertiary alicyclic amines) is 2. The Kier molecular flexibility index (Phi) is 8.97. The Morgan fingerprint density at radius 2 is 1.78 bits per heavy atom. The van der Waals surface area contributed by atoms with Crippen molar-refractivity contribution in [3.05, 3.63) is 87.2 Å². The summed E-state index contributed by atoms with van der Waals surface area (Å²) in [6.45, 7) is 4.53. The summed E-state index contributed by atoms with van der Waals surface area (Å²) in [5.74, 6) is -0.289. The van der Waals surface area contributed by atoms with Crippen LogP contribution < -0.4 is 14.8 Å². The number of aromatic nitrogens is 3. The maximum Gasteiger partial charge on any atom is 0.438 e. The van der Waals surface area contributed by atoms with Crippen LogP contribution in [0, 0.1) is 18.3 Å². The molecule has 2 N–H and O–H groups in total. The molecular weight excluding hydrogens is 764 g/mol. The zero-order valence-corrected chi connectivity index (χ0v) is 32.7. The van der Waals surface area contributed by atoms with Gasteiger partial charge in [-0.25, -0.2) is 9.97 Å². The Bertz CT molecular complexity index is 2580. The van der Waals surface area contributed by atoms with Crippen LogP contribution >= 0.6 is 0 Å². The number of methoxy groups -OCH3 is 1. The van der Waals surface area contributed by atoms with Crippen molar-refractivity contribution in [1.29, 1.82) is 5.26 Å². The Labute approximate surface area is 338 Å². The first-order valence-electron chi connectivity index (χ1n) is 20.1. The van der Waals surface area contributed by atoms with Crippen LogP contribution in [-0.2, 0) is 30.4 Å². The van der Waals surface area contributed by atoms with E-state index in [4.69, 9.17) is 18.9 Å². The van der Waals surface area contributed by atoms with Crippen molar-refractivity contribution in [3.8, 4) is 40.4 Å². The van der Waals surface area contributed by atoms with Gasteiger partial charge in [-0.05, 0) is 96.5 Å². The molecule has 2 aromatic heterocycles. The van der Waals surface area contributed by atoms with Gasteiger partial charge in [-0.1, -0.05) is 30.3 Å². The largest absolute Gasteiger partial charge is 0.480 e. The summed E-state index contributed by atoms with van der Waals surface area (Å²) in [4.78, 5) is 29.2. The minimum atomic E-state index is -4.84. The lowest BCUT2D eigenvalue weighted by atomic mass is 9.88. The zero-order chi connectivity index (χ0) is 40.8. The van der Waals surface area contributed by atoms with Crippen molar-refractivity contribution in [2.24, 2.45) is 0 Å². The van der Waals surface area contributed by atoms with Gasteiger partial charge >= 0.3 is 6.18 Å². The normalized spacial score (nSPS) is 22.4. The molecule has 1 amide bonds. The van der Waals surface area contributed by atoms with Crippen LogP contribution in [0.4, 0.5) is 13.2 Å². The predicted octanol–water partition coefficient (Wildman–Crippen LogP) is 6.74. The molecule has 3 atom stereocenters. The van der Waals surface area contributed by atoms with E-state index in [1.807, 2.05) is 54.3 Å². The van der Waals surface area contributed by atoms with Crippen LogP contribution in [0.1, 0.15) is 89.0 Å². The fraction of sp³-hybridized carbons (Fsp3) is 0.432. The molecule has 15 heteroatoms. The molecule has 59 heavy (non-hydrogen) atoms. The first kappa shape index (κ1) is 37.7. The van der Waals surface area contributed by atoms with Crippen molar-refractivity contribution >= 4 is 17.0 Å². The average molecular weight is 806 g/mol. The number of hydrogen-bond donors (Lipinski definition) is 2. The molecule has 3 aromatic carbocycles. The number of carbonyl (C=O) groups is 1. The SMILES string of the molecule is COc1nc(O[C@H]2CCc3c(-c4cccc(-c5nc6cc7c(c(C#N)c6o5)CC[C@H]7N5CC[C@@H](O)C5)c4C)cccc32)c(C(F)(F)F)nc1CN1CC2(CCC(=O)N2)C1. The number of nitrogens with one attached hydrogen (secondary N) is 1. The van der Waals surface area contributed by atoms with Crippen molar-refractivity contribution < 1.29 is 37.0 Å². The summed E-state index contributed by atoms with van der Waals surface area (Å²) < 4.78 is 61.8. The molecule has 2 aliphatic carbocycles. The van der Waals surface area contributed by atoms with Crippen LogP contribution in [0.3, 0.4) is 0 Å². The number of halogens is 3. The van der Waals surface area contributed by atoms with Crippen LogP contribution in [0.5, 0.6) is 11.8 Å². The maximum absolute atomic E-state index is 14.6. The molecule has 3 aliphatic heterocycles. The van der Waals surface area contributed by atoms with Crippen molar-refractivity contribution in [2.45, 2.75) is 88.4 Å². The molecule has 0 radical (unpaired) electrons. The van der Waals surface area contributed by atoms with Gasteiger partial charge in [0.1, 0.15) is 28.9 Å². The number of aliphatic hydroxyl groups excluding tert-OH is 1. The third-order valence-electron chi connectivity index (χ3n) is 12.9. The average Bonchev–Trinajstić information content (AvgIpc) is 4.05. The third kappa shape index (κ3) is 6.39. The number of nitrogens with zero attached hydrogens (tertiary/aromatic N) is 6. The lowest BCUT2D eigenvalue weighted by molar-refractivity contribution is -0.143. The summed E-state index contributed by atoms with van der Waals surface area (Å²) in [6, 6.07) is 16.2.